The van der Waals surface area contributed by atoms with Crippen LogP contribution in [0.15, 0.2) is 18.2 Å². The Morgan fingerprint density at radius 1 is 1.47 bits per heavy atom. The molecule has 1 unspecified atom stereocenters. The Balaban J connectivity index is 2.46. The molecule has 0 fully saturated rings. The molecule has 19 heavy (non-hydrogen) atoms. The second-order valence-corrected chi connectivity index (χ2v) is 5.26. The molecule has 0 bridgehead atoms. The van der Waals surface area contributed by atoms with E-state index in [4.69, 9.17) is 10.00 Å². The number of rotatable bonds is 5. The predicted octanol–water partition coefficient (Wildman–Crippen LogP) is 2.29. The minimum Gasteiger partial charge on any atom is -0.389 e. The lowest BCUT2D eigenvalue weighted by atomic mass is 10.2. The molecule has 0 radical (unpaired) electrons. The Morgan fingerprint density at radius 3 is 2.68 bits per heavy atom. The first-order valence-electron chi connectivity index (χ1n) is 6.07. The topological polar surface area (TPSA) is 65.3 Å². The molecule has 1 atom stereocenters. The summed E-state index contributed by atoms with van der Waals surface area (Å²) in [7, 11) is 0. The van der Waals surface area contributed by atoms with Crippen molar-refractivity contribution in [1.82, 2.24) is 0 Å². The highest BCUT2D eigenvalue weighted by atomic mass is 19.1. The van der Waals surface area contributed by atoms with Crippen LogP contribution in [0.25, 0.3) is 0 Å². The van der Waals surface area contributed by atoms with Crippen molar-refractivity contribution in [3.8, 4) is 6.07 Å². The van der Waals surface area contributed by atoms with Gasteiger partial charge in [0.25, 0.3) is 0 Å². The number of aliphatic hydroxyl groups is 1. The number of nitrogens with zero attached hydrogens (tertiary/aromatic N) is 1. The Bertz CT molecular complexity index is 463. The molecule has 1 aromatic carbocycles. The van der Waals surface area contributed by atoms with E-state index < -0.39 is 11.9 Å². The molecule has 0 aliphatic heterocycles. The highest BCUT2D eigenvalue weighted by molar-refractivity contribution is 5.48. The fraction of sp³-hybridized carbons (Fsp3) is 0.500. The van der Waals surface area contributed by atoms with Gasteiger partial charge in [-0.2, -0.15) is 5.26 Å². The summed E-state index contributed by atoms with van der Waals surface area (Å²) in [4.78, 5) is 0. The van der Waals surface area contributed by atoms with Gasteiger partial charge >= 0.3 is 0 Å². The quantitative estimate of drug-likeness (QED) is 0.858. The minimum absolute atomic E-state index is 0.175. The number of benzene rings is 1. The molecule has 0 saturated carbocycles. The van der Waals surface area contributed by atoms with Gasteiger partial charge in [0.1, 0.15) is 5.82 Å². The number of nitrogens with one attached hydrogen (secondary N) is 1. The first-order chi connectivity index (χ1) is 8.81. The van der Waals surface area contributed by atoms with Crippen LogP contribution >= 0.6 is 0 Å². The second-order valence-electron chi connectivity index (χ2n) is 5.26. The van der Waals surface area contributed by atoms with Crippen molar-refractivity contribution in [2.24, 2.45) is 0 Å². The van der Waals surface area contributed by atoms with Gasteiger partial charge in [0, 0.05) is 6.54 Å². The van der Waals surface area contributed by atoms with Crippen molar-refractivity contribution < 1.29 is 14.2 Å². The van der Waals surface area contributed by atoms with Gasteiger partial charge in [0.15, 0.2) is 0 Å². The molecule has 0 saturated heterocycles. The summed E-state index contributed by atoms with van der Waals surface area (Å²) in [5.41, 5.74) is 0.203. The van der Waals surface area contributed by atoms with Gasteiger partial charge in [-0.3, -0.25) is 0 Å². The number of ether oxygens (including phenoxy) is 1. The minimum atomic E-state index is -0.728. The Morgan fingerprint density at radius 2 is 2.16 bits per heavy atom. The highest BCUT2D eigenvalue weighted by Crippen LogP contribution is 2.15. The van der Waals surface area contributed by atoms with E-state index >= 15 is 0 Å². The number of hydrogen-bond donors (Lipinski definition) is 2. The number of halogens is 1. The van der Waals surface area contributed by atoms with Crippen LogP contribution in [0.2, 0.25) is 0 Å². The third-order valence-corrected chi connectivity index (χ3v) is 2.34. The molecule has 5 heteroatoms. The highest BCUT2D eigenvalue weighted by Gasteiger charge is 2.14. The second kappa shape index (κ2) is 6.50. The summed E-state index contributed by atoms with van der Waals surface area (Å²) in [5.74, 6) is -0.511. The lowest BCUT2D eigenvalue weighted by Crippen LogP contribution is -2.30. The molecular weight excluding hydrogens is 247 g/mol. The Hall–Kier alpha value is -1.64. The maximum Gasteiger partial charge on any atom is 0.147 e. The molecule has 1 rings (SSSR count). The van der Waals surface area contributed by atoms with Gasteiger partial charge in [-0.15, -0.1) is 0 Å². The van der Waals surface area contributed by atoms with Crippen molar-refractivity contribution in [1.29, 1.82) is 5.26 Å². The monoisotopic (exact) mass is 266 g/mol. The third-order valence-electron chi connectivity index (χ3n) is 2.34. The molecular formula is C14H19FN2O2. The normalized spacial score (nSPS) is 12.8. The van der Waals surface area contributed by atoms with Crippen molar-refractivity contribution in [3.63, 3.8) is 0 Å². The molecule has 0 heterocycles. The maximum absolute atomic E-state index is 13.5. The van der Waals surface area contributed by atoms with E-state index in [9.17, 15) is 9.50 Å². The number of anilines is 1. The summed E-state index contributed by atoms with van der Waals surface area (Å²) in [5, 5.41) is 21.1. The van der Waals surface area contributed by atoms with Gasteiger partial charge in [0.05, 0.1) is 35.6 Å². The molecule has 0 aliphatic carbocycles. The van der Waals surface area contributed by atoms with Gasteiger partial charge in [-0.1, -0.05) is 0 Å². The van der Waals surface area contributed by atoms with Gasteiger partial charge < -0.3 is 15.2 Å². The van der Waals surface area contributed by atoms with Gasteiger partial charge in [-0.25, -0.2) is 4.39 Å². The van der Waals surface area contributed by atoms with Crippen LogP contribution in [0, 0.1) is 17.1 Å². The van der Waals surface area contributed by atoms with E-state index in [2.05, 4.69) is 5.32 Å². The fourth-order valence-electron chi connectivity index (χ4n) is 1.36. The van der Waals surface area contributed by atoms with E-state index in [1.807, 2.05) is 26.8 Å². The van der Waals surface area contributed by atoms with Crippen LogP contribution in [0.1, 0.15) is 26.3 Å². The summed E-state index contributed by atoms with van der Waals surface area (Å²) >= 11 is 0. The summed E-state index contributed by atoms with van der Waals surface area (Å²) in [6, 6.07) is 6.01. The lowest BCUT2D eigenvalue weighted by molar-refractivity contribution is -0.0449. The zero-order valence-electron chi connectivity index (χ0n) is 11.4. The van der Waals surface area contributed by atoms with Crippen molar-refractivity contribution in [3.05, 3.63) is 29.6 Å². The van der Waals surface area contributed by atoms with E-state index in [0.29, 0.717) is 0 Å². The summed E-state index contributed by atoms with van der Waals surface area (Å²) < 4.78 is 19.0. The zero-order valence-corrected chi connectivity index (χ0v) is 11.4. The molecule has 104 valence electrons. The maximum atomic E-state index is 13.5. The largest absolute Gasteiger partial charge is 0.389 e. The number of nitriles is 1. The van der Waals surface area contributed by atoms with E-state index in [-0.39, 0.29) is 30.0 Å². The van der Waals surface area contributed by atoms with Crippen LogP contribution in [0.4, 0.5) is 10.1 Å². The molecule has 0 aromatic heterocycles. The average molecular weight is 266 g/mol. The summed E-state index contributed by atoms with van der Waals surface area (Å²) in [6.07, 6.45) is -0.728. The lowest BCUT2D eigenvalue weighted by Gasteiger charge is -2.22. The van der Waals surface area contributed by atoms with E-state index in [1.54, 1.807) is 0 Å². The molecule has 0 amide bonds. The average Bonchev–Trinajstić information content (AvgIpc) is 2.34. The molecule has 4 nitrogen and oxygen atoms in total. The Kier molecular flexibility index (Phi) is 5.28. The third kappa shape index (κ3) is 5.69. The van der Waals surface area contributed by atoms with E-state index in [0.717, 1.165) is 6.07 Å². The first kappa shape index (κ1) is 15.4. The zero-order chi connectivity index (χ0) is 14.5. The summed E-state index contributed by atoms with van der Waals surface area (Å²) in [6.45, 7) is 6.04. The smallest absolute Gasteiger partial charge is 0.147 e. The number of aliphatic hydroxyl groups excluding tert-OH is 1. The van der Waals surface area contributed by atoms with Gasteiger partial charge in [-0.05, 0) is 39.0 Å². The molecule has 2 N–H and O–H groups in total. The first-order valence-corrected chi connectivity index (χ1v) is 6.07. The molecule has 0 spiro atoms. The van der Waals surface area contributed by atoms with Crippen LogP contribution in [0.3, 0.4) is 0 Å². The van der Waals surface area contributed by atoms with Crippen molar-refractivity contribution >= 4 is 5.69 Å². The molecule has 1 aromatic rings. The van der Waals surface area contributed by atoms with Crippen LogP contribution < -0.4 is 5.32 Å². The van der Waals surface area contributed by atoms with Crippen molar-refractivity contribution in [2.45, 2.75) is 32.5 Å². The Labute approximate surface area is 112 Å². The molecule has 0 aliphatic rings. The fourth-order valence-corrected chi connectivity index (χ4v) is 1.36. The van der Waals surface area contributed by atoms with Crippen LogP contribution in [-0.2, 0) is 4.74 Å². The standard InChI is InChI=1S/C14H19FN2O2/c1-14(2,3)19-9-11(18)8-17-13-5-4-10(7-16)6-12(13)15/h4-6,11,17-18H,8-9H2,1-3H3. The van der Waals surface area contributed by atoms with Gasteiger partial charge in [0.2, 0.25) is 0 Å². The predicted molar refractivity (Wildman–Crippen MR) is 71.3 cm³/mol. The van der Waals surface area contributed by atoms with E-state index in [1.165, 1.54) is 12.1 Å². The van der Waals surface area contributed by atoms with Crippen LogP contribution in [0.5, 0.6) is 0 Å². The van der Waals surface area contributed by atoms with Crippen molar-refractivity contribution in [2.75, 3.05) is 18.5 Å². The SMILES string of the molecule is CC(C)(C)OCC(O)CNc1ccc(C#N)cc1F. The number of hydrogen-bond acceptors (Lipinski definition) is 4. The van der Waals surface area contributed by atoms with Crippen LogP contribution in [-0.4, -0.2) is 30.0 Å².